The van der Waals surface area contributed by atoms with Gasteiger partial charge in [-0.1, -0.05) is 13.8 Å². The Bertz CT molecular complexity index is 480. The molecule has 2 rings (SSSR count). The van der Waals surface area contributed by atoms with Crippen molar-refractivity contribution in [1.29, 1.82) is 0 Å². The van der Waals surface area contributed by atoms with Crippen molar-refractivity contribution in [3.63, 3.8) is 0 Å². The number of hydrogen-bond donors (Lipinski definition) is 2. The molecule has 23 heavy (non-hydrogen) atoms. The standard InChI is InChI=1S/C16H28N4O3/c1-4-16(5-2)14(22)20(15(23)18-16)10-13(21)19-8-6-12(7-9-19)11(3)17/h11-12H,4-10,17H2,1-3H3,(H,18,23). The first-order valence-corrected chi connectivity index (χ1v) is 8.52. The average Bonchev–Trinajstić information content (AvgIpc) is 2.79. The summed E-state index contributed by atoms with van der Waals surface area (Å²) in [6.07, 6.45) is 2.80. The summed E-state index contributed by atoms with van der Waals surface area (Å²) in [5.41, 5.74) is 5.06. The highest BCUT2D eigenvalue weighted by Crippen LogP contribution is 2.25. The van der Waals surface area contributed by atoms with E-state index in [4.69, 9.17) is 5.73 Å². The predicted octanol–water partition coefficient (Wildman–Crippen LogP) is 0.683. The predicted molar refractivity (Wildman–Crippen MR) is 86.5 cm³/mol. The molecule has 0 spiro atoms. The molecule has 0 radical (unpaired) electrons. The SMILES string of the molecule is CCC1(CC)NC(=O)N(CC(=O)N2CCC(C(C)N)CC2)C1=O. The van der Waals surface area contributed by atoms with Crippen LogP contribution < -0.4 is 11.1 Å². The average molecular weight is 324 g/mol. The quantitative estimate of drug-likeness (QED) is 0.727. The molecule has 4 amide bonds. The fraction of sp³-hybridized carbons (Fsp3) is 0.812. The molecule has 0 aliphatic carbocycles. The number of carbonyl (C=O) groups is 3. The molecular weight excluding hydrogens is 296 g/mol. The van der Waals surface area contributed by atoms with Gasteiger partial charge in [0.15, 0.2) is 0 Å². The first kappa shape index (κ1) is 17.7. The van der Waals surface area contributed by atoms with Gasteiger partial charge in [-0.25, -0.2) is 4.79 Å². The molecule has 0 bridgehead atoms. The normalized spacial score (nSPS) is 23.1. The fourth-order valence-electron chi connectivity index (χ4n) is 3.46. The van der Waals surface area contributed by atoms with Crippen LogP contribution >= 0.6 is 0 Å². The maximum absolute atomic E-state index is 12.5. The Labute approximate surface area is 137 Å². The Hall–Kier alpha value is -1.63. The minimum Gasteiger partial charge on any atom is -0.341 e. The summed E-state index contributed by atoms with van der Waals surface area (Å²) in [5, 5.41) is 2.75. The Kier molecular flexibility index (Phi) is 5.29. The van der Waals surface area contributed by atoms with Crippen molar-refractivity contribution in [3.05, 3.63) is 0 Å². The third-order valence-corrected chi connectivity index (χ3v) is 5.38. The van der Waals surface area contributed by atoms with Gasteiger partial charge in [-0.3, -0.25) is 14.5 Å². The molecule has 130 valence electrons. The number of hydrogen-bond acceptors (Lipinski definition) is 4. The summed E-state index contributed by atoms with van der Waals surface area (Å²) < 4.78 is 0. The molecule has 2 heterocycles. The van der Waals surface area contributed by atoms with E-state index < -0.39 is 11.6 Å². The highest BCUT2D eigenvalue weighted by atomic mass is 16.2. The van der Waals surface area contributed by atoms with Crippen molar-refractivity contribution >= 4 is 17.8 Å². The first-order chi connectivity index (χ1) is 10.8. The minimum absolute atomic E-state index is 0.132. The van der Waals surface area contributed by atoms with Gasteiger partial charge in [-0.15, -0.1) is 0 Å². The molecule has 0 aromatic heterocycles. The van der Waals surface area contributed by atoms with E-state index in [2.05, 4.69) is 5.32 Å². The zero-order valence-corrected chi connectivity index (χ0v) is 14.3. The summed E-state index contributed by atoms with van der Waals surface area (Å²) in [4.78, 5) is 39.8. The second kappa shape index (κ2) is 6.86. The highest BCUT2D eigenvalue weighted by Gasteiger charge is 2.49. The molecule has 2 aliphatic rings. The number of urea groups is 1. The monoisotopic (exact) mass is 324 g/mol. The largest absolute Gasteiger partial charge is 0.341 e. The summed E-state index contributed by atoms with van der Waals surface area (Å²) in [6.45, 7) is 6.83. The third kappa shape index (κ3) is 3.34. The van der Waals surface area contributed by atoms with Crippen LogP contribution in [0.3, 0.4) is 0 Å². The van der Waals surface area contributed by atoms with Crippen molar-refractivity contribution in [2.45, 2.75) is 58.0 Å². The van der Waals surface area contributed by atoms with E-state index in [-0.39, 0.29) is 24.4 Å². The molecule has 7 heteroatoms. The molecule has 0 saturated carbocycles. The zero-order valence-electron chi connectivity index (χ0n) is 14.3. The molecule has 7 nitrogen and oxygen atoms in total. The number of nitrogens with two attached hydrogens (primary N) is 1. The van der Waals surface area contributed by atoms with Crippen LogP contribution in [0.4, 0.5) is 4.79 Å². The zero-order chi connectivity index (χ0) is 17.2. The van der Waals surface area contributed by atoms with Crippen LogP contribution in [0.1, 0.15) is 46.5 Å². The van der Waals surface area contributed by atoms with E-state index in [1.54, 1.807) is 4.90 Å². The minimum atomic E-state index is -0.848. The van der Waals surface area contributed by atoms with Gasteiger partial charge in [-0.05, 0) is 38.5 Å². The number of rotatable bonds is 5. The highest BCUT2D eigenvalue weighted by molar-refractivity contribution is 6.08. The third-order valence-electron chi connectivity index (χ3n) is 5.38. The lowest BCUT2D eigenvalue weighted by Crippen LogP contribution is -2.49. The van der Waals surface area contributed by atoms with Crippen LogP contribution in [0.5, 0.6) is 0 Å². The Balaban J connectivity index is 1.96. The van der Waals surface area contributed by atoms with Crippen LogP contribution in [0.2, 0.25) is 0 Å². The molecular formula is C16H28N4O3. The van der Waals surface area contributed by atoms with E-state index in [0.717, 1.165) is 17.7 Å². The van der Waals surface area contributed by atoms with Gasteiger partial charge in [0.05, 0.1) is 0 Å². The van der Waals surface area contributed by atoms with Crippen molar-refractivity contribution in [2.75, 3.05) is 19.6 Å². The lowest BCUT2D eigenvalue weighted by Gasteiger charge is -2.34. The number of amides is 4. The van der Waals surface area contributed by atoms with Gasteiger partial charge in [0.2, 0.25) is 5.91 Å². The lowest BCUT2D eigenvalue weighted by molar-refractivity contribution is -0.140. The summed E-state index contributed by atoms with van der Waals surface area (Å²) in [7, 11) is 0. The number of piperidine rings is 1. The molecule has 1 atom stereocenters. The smallest absolute Gasteiger partial charge is 0.325 e. The van der Waals surface area contributed by atoms with Crippen LogP contribution in [0, 0.1) is 5.92 Å². The van der Waals surface area contributed by atoms with Crippen molar-refractivity contribution in [1.82, 2.24) is 15.1 Å². The van der Waals surface area contributed by atoms with Crippen molar-refractivity contribution < 1.29 is 14.4 Å². The van der Waals surface area contributed by atoms with E-state index in [1.165, 1.54) is 0 Å². The molecule has 0 aromatic carbocycles. The van der Waals surface area contributed by atoms with Crippen molar-refractivity contribution in [2.24, 2.45) is 11.7 Å². The summed E-state index contributed by atoms with van der Waals surface area (Å²) in [6, 6.07) is -0.328. The number of carbonyl (C=O) groups excluding carboxylic acids is 3. The summed E-state index contributed by atoms with van der Waals surface area (Å²) in [5.74, 6) is -0.0189. The molecule has 0 aromatic rings. The van der Waals surface area contributed by atoms with Crippen LogP contribution in [0.15, 0.2) is 0 Å². The maximum Gasteiger partial charge on any atom is 0.325 e. The fourth-order valence-corrected chi connectivity index (χ4v) is 3.46. The second-order valence-electron chi connectivity index (χ2n) is 6.69. The molecule has 3 N–H and O–H groups in total. The van der Waals surface area contributed by atoms with Crippen molar-refractivity contribution in [3.8, 4) is 0 Å². The van der Waals surface area contributed by atoms with Crippen LogP contribution in [-0.4, -0.2) is 58.9 Å². The first-order valence-electron chi connectivity index (χ1n) is 8.52. The lowest BCUT2D eigenvalue weighted by atomic mass is 9.91. The molecule has 2 aliphatic heterocycles. The Morgan fingerprint density at radius 3 is 2.30 bits per heavy atom. The van der Waals surface area contributed by atoms with Gasteiger partial charge in [0, 0.05) is 19.1 Å². The van der Waals surface area contributed by atoms with Gasteiger partial charge in [0.1, 0.15) is 12.1 Å². The molecule has 2 saturated heterocycles. The van der Waals surface area contributed by atoms with E-state index in [0.29, 0.717) is 31.8 Å². The van der Waals surface area contributed by atoms with Gasteiger partial charge < -0.3 is 16.0 Å². The second-order valence-corrected chi connectivity index (χ2v) is 6.69. The number of imide groups is 1. The van der Waals surface area contributed by atoms with Gasteiger partial charge >= 0.3 is 6.03 Å². The molecule has 1 unspecified atom stereocenters. The number of nitrogens with one attached hydrogen (secondary N) is 1. The van der Waals surface area contributed by atoms with Crippen LogP contribution in [-0.2, 0) is 9.59 Å². The number of likely N-dealkylation sites (tertiary alicyclic amines) is 1. The topological polar surface area (TPSA) is 95.7 Å². The van der Waals surface area contributed by atoms with E-state index in [1.807, 2.05) is 20.8 Å². The number of nitrogens with zero attached hydrogens (tertiary/aromatic N) is 2. The van der Waals surface area contributed by atoms with E-state index >= 15 is 0 Å². The molecule has 2 fully saturated rings. The Morgan fingerprint density at radius 1 is 1.30 bits per heavy atom. The van der Waals surface area contributed by atoms with E-state index in [9.17, 15) is 14.4 Å². The maximum atomic E-state index is 12.5. The van der Waals surface area contributed by atoms with Crippen LogP contribution in [0.25, 0.3) is 0 Å². The summed E-state index contributed by atoms with van der Waals surface area (Å²) >= 11 is 0. The Morgan fingerprint density at radius 2 is 1.87 bits per heavy atom. The van der Waals surface area contributed by atoms with Gasteiger partial charge in [0.25, 0.3) is 5.91 Å². The van der Waals surface area contributed by atoms with Gasteiger partial charge in [-0.2, -0.15) is 0 Å².